The number of carbonyl (C=O) groups excluding carboxylic acids is 1. The van der Waals surface area contributed by atoms with Gasteiger partial charge >= 0.3 is 0 Å². The first-order valence-corrected chi connectivity index (χ1v) is 5.25. The number of nitrogens with zero attached hydrogens (tertiary/aromatic N) is 1. The van der Waals surface area contributed by atoms with Gasteiger partial charge in [-0.25, -0.2) is 0 Å². The van der Waals surface area contributed by atoms with E-state index in [2.05, 4.69) is 5.32 Å². The topological polar surface area (TPSA) is 45.5 Å². The Labute approximate surface area is 89.2 Å². The SMILES string of the molecule is Cc1coc(C)c1C(=O)N1CCNCC1. The second kappa shape index (κ2) is 4.06. The Morgan fingerprint density at radius 3 is 2.60 bits per heavy atom. The molecule has 1 saturated heterocycles. The molecular formula is C11H16N2O2. The molecule has 1 aromatic rings. The molecule has 2 rings (SSSR count). The second-order valence-electron chi connectivity index (χ2n) is 3.89. The number of furan rings is 1. The first kappa shape index (κ1) is 10.2. The van der Waals surface area contributed by atoms with E-state index in [1.54, 1.807) is 6.26 Å². The van der Waals surface area contributed by atoms with Crippen LogP contribution in [-0.2, 0) is 0 Å². The van der Waals surface area contributed by atoms with Crippen LogP contribution in [0.4, 0.5) is 0 Å². The third-order valence-corrected chi connectivity index (χ3v) is 2.78. The van der Waals surface area contributed by atoms with Crippen molar-refractivity contribution in [1.82, 2.24) is 10.2 Å². The standard InChI is InChI=1S/C11H16N2O2/c1-8-7-15-9(2)10(8)11(14)13-5-3-12-4-6-13/h7,12H,3-6H2,1-2H3. The van der Waals surface area contributed by atoms with Crippen molar-refractivity contribution in [3.8, 4) is 0 Å². The zero-order valence-corrected chi connectivity index (χ0v) is 9.17. The van der Waals surface area contributed by atoms with Crippen molar-refractivity contribution in [2.45, 2.75) is 13.8 Å². The number of amides is 1. The highest BCUT2D eigenvalue weighted by molar-refractivity contribution is 5.96. The largest absolute Gasteiger partial charge is 0.469 e. The molecule has 82 valence electrons. The van der Waals surface area contributed by atoms with Crippen LogP contribution in [0.3, 0.4) is 0 Å². The highest BCUT2D eigenvalue weighted by Crippen LogP contribution is 2.17. The van der Waals surface area contributed by atoms with Gasteiger partial charge in [0, 0.05) is 31.7 Å². The van der Waals surface area contributed by atoms with Crippen LogP contribution >= 0.6 is 0 Å². The smallest absolute Gasteiger partial charge is 0.257 e. The number of hydrogen-bond acceptors (Lipinski definition) is 3. The maximum atomic E-state index is 12.1. The van der Waals surface area contributed by atoms with E-state index in [9.17, 15) is 4.79 Å². The Morgan fingerprint density at radius 2 is 2.07 bits per heavy atom. The quantitative estimate of drug-likeness (QED) is 0.747. The molecule has 1 fully saturated rings. The van der Waals surface area contributed by atoms with E-state index in [1.165, 1.54) is 0 Å². The lowest BCUT2D eigenvalue weighted by Gasteiger charge is -2.27. The molecule has 1 amide bonds. The number of carbonyl (C=O) groups is 1. The molecule has 2 heterocycles. The molecule has 1 aliphatic heterocycles. The minimum Gasteiger partial charge on any atom is -0.469 e. The van der Waals surface area contributed by atoms with E-state index in [0.29, 0.717) is 0 Å². The summed E-state index contributed by atoms with van der Waals surface area (Å²) >= 11 is 0. The van der Waals surface area contributed by atoms with Gasteiger partial charge in [0.25, 0.3) is 5.91 Å². The van der Waals surface area contributed by atoms with Gasteiger partial charge in [-0.1, -0.05) is 0 Å². The number of aryl methyl sites for hydroxylation is 2. The van der Waals surface area contributed by atoms with Gasteiger partial charge in [-0.3, -0.25) is 4.79 Å². The lowest BCUT2D eigenvalue weighted by Crippen LogP contribution is -2.46. The van der Waals surface area contributed by atoms with E-state index in [0.717, 1.165) is 43.1 Å². The van der Waals surface area contributed by atoms with Crippen LogP contribution in [0.1, 0.15) is 21.7 Å². The van der Waals surface area contributed by atoms with Crippen molar-refractivity contribution < 1.29 is 9.21 Å². The van der Waals surface area contributed by atoms with Crippen LogP contribution in [-0.4, -0.2) is 37.0 Å². The number of nitrogens with one attached hydrogen (secondary N) is 1. The van der Waals surface area contributed by atoms with Crippen molar-refractivity contribution >= 4 is 5.91 Å². The molecule has 0 aliphatic carbocycles. The fourth-order valence-corrected chi connectivity index (χ4v) is 1.92. The minimum atomic E-state index is 0.0975. The summed E-state index contributed by atoms with van der Waals surface area (Å²) in [5.74, 6) is 0.816. The lowest BCUT2D eigenvalue weighted by molar-refractivity contribution is 0.0733. The fourth-order valence-electron chi connectivity index (χ4n) is 1.92. The maximum absolute atomic E-state index is 12.1. The Kier molecular flexibility index (Phi) is 2.77. The van der Waals surface area contributed by atoms with Gasteiger partial charge in [0.1, 0.15) is 5.76 Å². The van der Waals surface area contributed by atoms with Crippen molar-refractivity contribution in [1.29, 1.82) is 0 Å². The summed E-state index contributed by atoms with van der Waals surface area (Å²) in [6.45, 7) is 7.06. The maximum Gasteiger partial charge on any atom is 0.257 e. The molecule has 0 atom stereocenters. The van der Waals surface area contributed by atoms with Gasteiger partial charge in [0.05, 0.1) is 11.8 Å². The molecular weight excluding hydrogens is 192 g/mol. The zero-order chi connectivity index (χ0) is 10.8. The van der Waals surface area contributed by atoms with Gasteiger partial charge in [-0.2, -0.15) is 0 Å². The molecule has 0 aromatic carbocycles. The van der Waals surface area contributed by atoms with Crippen LogP contribution < -0.4 is 5.32 Å². The molecule has 0 unspecified atom stereocenters. The average Bonchev–Trinajstić information content (AvgIpc) is 2.59. The molecule has 0 radical (unpaired) electrons. The van der Waals surface area contributed by atoms with Crippen molar-refractivity contribution in [3.05, 3.63) is 23.2 Å². The molecule has 4 heteroatoms. The van der Waals surface area contributed by atoms with Crippen LogP contribution in [0.2, 0.25) is 0 Å². The summed E-state index contributed by atoms with van der Waals surface area (Å²) in [7, 11) is 0. The van der Waals surface area contributed by atoms with Gasteiger partial charge in [-0.15, -0.1) is 0 Å². The molecule has 0 spiro atoms. The first-order chi connectivity index (χ1) is 7.20. The fraction of sp³-hybridized carbons (Fsp3) is 0.545. The van der Waals surface area contributed by atoms with Crippen LogP contribution in [0.5, 0.6) is 0 Å². The van der Waals surface area contributed by atoms with Gasteiger partial charge in [0.15, 0.2) is 0 Å². The third kappa shape index (κ3) is 1.90. The van der Waals surface area contributed by atoms with E-state index in [-0.39, 0.29) is 5.91 Å². The summed E-state index contributed by atoms with van der Waals surface area (Å²) < 4.78 is 5.24. The molecule has 0 saturated carbocycles. The summed E-state index contributed by atoms with van der Waals surface area (Å²) in [6, 6.07) is 0. The summed E-state index contributed by atoms with van der Waals surface area (Å²) in [4.78, 5) is 14.0. The van der Waals surface area contributed by atoms with Gasteiger partial charge in [-0.05, 0) is 13.8 Å². The van der Waals surface area contributed by atoms with E-state index in [4.69, 9.17) is 4.42 Å². The van der Waals surface area contributed by atoms with Crippen LogP contribution in [0.25, 0.3) is 0 Å². The lowest BCUT2D eigenvalue weighted by atomic mass is 10.1. The third-order valence-electron chi connectivity index (χ3n) is 2.78. The van der Waals surface area contributed by atoms with Gasteiger partial charge < -0.3 is 14.6 Å². The highest BCUT2D eigenvalue weighted by Gasteiger charge is 2.22. The van der Waals surface area contributed by atoms with E-state index < -0.39 is 0 Å². The predicted molar refractivity (Wildman–Crippen MR) is 57.0 cm³/mol. The highest BCUT2D eigenvalue weighted by atomic mass is 16.3. The zero-order valence-electron chi connectivity index (χ0n) is 9.17. The normalized spacial score (nSPS) is 16.8. The molecule has 4 nitrogen and oxygen atoms in total. The van der Waals surface area contributed by atoms with Crippen LogP contribution in [0, 0.1) is 13.8 Å². The van der Waals surface area contributed by atoms with E-state index >= 15 is 0 Å². The number of rotatable bonds is 1. The summed E-state index contributed by atoms with van der Waals surface area (Å²) in [6.07, 6.45) is 1.64. The van der Waals surface area contributed by atoms with Crippen molar-refractivity contribution in [2.75, 3.05) is 26.2 Å². The summed E-state index contributed by atoms with van der Waals surface area (Å²) in [5, 5.41) is 3.23. The van der Waals surface area contributed by atoms with Gasteiger partial charge in [0.2, 0.25) is 0 Å². The second-order valence-corrected chi connectivity index (χ2v) is 3.89. The minimum absolute atomic E-state index is 0.0975. The summed E-state index contributed by atoms with van der Waals surface area (Å²) in [5.41, 5.74) is 1.66. The number of hydrogen-bond donors (Lipinski definition) is 1. The Balaban J connectivity index is 2.19. The number of piperazine rings is 1. The molecule has 15 heavy (non-hydrogen) atoms. The predicted octanol–water partition coefficient (Wildman–Crippen LogP) is 0.942. The Morgan fingerprint density at radius 1 is 1.40 bits per heavy atom. The molecule has 0 bridgehead atoms. The van der Waals surface area contributed by atoms with Crippen LogP contribution in [0.15, 0.2) is 10.7 Å². The first-order valence-electron chi connectivity index (χ1n) is 5.25. The van der Waals surface area contributed by atoms with Crippen molar-refractivity contribution in [3.63, 3.8) is 0 Å². The van der Waals surface area contributed by atoms with Crippen molar-refractivity contribution in [2.24, 2.45) is 0 Å². The monoisotopic (exact) mass is 208 g/mol. The van der Waals surface area contributed by atoms with E-state index in [1.807, 2.05) is 18.7 Å². The Bertz CT molecular complexity index is 345. The molecule has 1 aromatic heterocycles. The average molecular weight is 208 g/mol. The molecule has 1 aliphatic rings. The Hall–Kier alpha value is -1.29. The molecule has 1 N–H and O–H groups in total.